The highest BCUT2D eigenvalue weighted by Crippen LogP contribution is 2.09. The van der Waals surface area contributed by atoms with Crippen LogP contribution in [0.15, 0.2) is 22.7 Å². The molecule has 84 valence electrons. The third kappa shape index (κ3) is 4.80. The van der Waals surface area contributed by atoms with E-state index >= 15 is 0 Å². The van der Waals surface area contributed by atoms with E-state index in [-0.39, 0.29) is 5.84 Å². The van der Waals surface area contributed by atoms with Crippen LogP contribution >= 0.6 is 11.3 Å². The molecule has 0 radical (unpaired) electrons. The summed E-state index contributed by atoms with van der Waals surface area (Å²) in [5, 5.41) is 13.4. The number of hydrogen-bond donors (Lipinski definition) is 2. The Kier molecular flexibility index (Phi) is 5.14. The van der Waals surface area contributed by atoms with Crippen molar-refractivity contribution in [2.24, 2.45) is 10.9 Å². The molecule has 0 saturated carbocycles. The summed E-state index contributed by atoms with van der Waals surface area (Å²) < 4.78 is 0. The second-order valence-electron chi connectivity index (χ2n) is 3.47. The van der Waals surface area contributed by atoms with Crippen LogP contribution in [0.3, 0.4) is 0 Å². The number of hydrogen-bond acceptors (Lipinski definition) is 4. The molecule has 0 bridgehead atoms. The van der Waals surface area contributed by atoms with Gasteiger partial charge < -0.3 is 15.8 Å². The standard InChI is InChI=1S/C10H17N3OS/c1-13(7-5-10(11)12-14)6-4-9-3-2-8-15-9/h2-3,8,14H,4-7H2,1H3,(H2,11,12). The number of thiophene rings is 1. The first-order valence-corrected chi connectivity index (χ1v) is 5.77. The van der Waals surface area contributed by atoms with Crippen molar-refractivity contribution in [2.45, 2.75) is 12.8 Å². The quantitative estimate of drug-likeness (QED) is 0.334. The Balaban J connectivity index is 2.16. The molecule has 5 heteroatoms. The topological polar surface area (TPSA) is 61.8 Å². The second kappa shape index (κ2) is 6.42. The van der Waals surface area contributed by atoms with Gasteiger partial charge in [0.25, 0.3) is 0 Å². The fourth-order valence-corrected chi connectivity index (χ4v) is 1.92. The Morgan fingerprint density at radius 3 is 3.00 bits per heavy atom. The zero-order valence-corrected chi connectivity index (χ0v) is 9.70. The Hall–Kier alpha value is -1.07. The van der Waals surface area contributed by atoms with Gasteiger partial charge in [-0.2, -0.15) is 0 Å². The first-order valence-electron chi connectivity index (χ1n) is 4.89. The van der Waals surface area contributed by atoms with Crippen LogP contribution in [0.2, 0.25) is 0 Å². The Bertz CT molecular complexity index is 298. The molecule has 15 heavy (non-hydrogen) atoms. The summed E-state index contributed by atoms with van der Waals surface area (Å²) in [6.07, 6.45) is 1.67. The molecule has 1 aromatic heterocycles. The predicted octanol–water partition coefficient (Wildman–Crippen LogP) is 1.36. The van der Waals surface area contributed by atoms with Gasteiger partial charge in [-0.1, -0.05) is 11.2 Å². The molecule has 0 saturated heterocycles. The minimum absolute atomic E-state index is 0.290. The fourth-order valence-electron chi connectivity index (χ4n) is 1.22. The predicted molar refractivity (Wildman–Crippen MR) is 63.5 cm³/mol. The van der Waals surface area contributed by atoms with Gasteiger partial charge in [-0.25, -0.2) is 0 Å². The Morgan fingerprint density at radius 1 is 1.60 bits per heavy atom. The highest BCUT2D eigenvalue weighted by atomic mass is 32.1. The summed E-state index contributed by atoms with van der Waals surface area (Å²) in [6.45, 7) is 1.82. The van der Waals surface area contributed by atoms with Crippen molar-refractivity contribution < 1.29 is 5.21 Å². The van der Waals surface area contributed by atoms with E-state index in [2.05, 4.69) is 27.6 Å². The summed E-state index contributed by atoms with van der Waals surface area (Å²) in [5.74, 6) is 0.290. The lowest BCUT2D eigenvalue weighted by atomic mass is 10.3. The SMILES string of the molecule is CN(CCC(N)=NO)CCc1cccs1. The highest BCUT2D eigenvalue weighted by Gasteiger charge is 2.01. The largest absolute Gasteiger partial charge is 0.409 e. The molecule has 0 aliphatic heterocycles. The monoisotopic (exact) mass is 227 g/mol. The lowest BCUT2D eigenvalue weighted by Crippen LogP contribution is -2.26. The average molecular weight is 227 g/mol. The molecule has 0 atom stereocenters. The molecule has 3 N–H and O–H groups in total. The van der Waals surface area contributed by atoms with Crippen molar-refractivity contribution >= 4 is 17.2 Å². The smallest absolute Gasteiger partial charge is 0.140 e. The number of oxime groups is 1. The molecular formula is C10H17N3OS. The van der Waals surface area contributed by atoms with Crippen LogP contribution in [-0.4, -0.2) is 36.1 Å². The van der Waals surface area contributed by atoms with E-state index < -0.39 is 0 Å². The molecule has 0 aliphatic rings. The third-order valence-corrected chi connectivity index (χ3v) is 3.13. The first kappa shape index (κ1) is 12.0. The molecule has 1 rings (SSSR count). The van der Waals surface area contributed by atoms with E-state index in [0.717, 1.165) is 19.5 Å². The van der Waals surface area contributed by atoms with Crippen molar-refractivity contribution in [2.75, 3.05) is 20.1 Å². The maximum atomic E-state index is 8.37. The van der Waals surface area contributed by atoms with Gasteiger partial charge in [0.05, 0.1) is 0 Å². The number of amidine groups is 1. The van der Waals surface area contributed by atoms with Gasteiger partial charge >= 0.3 is 0 Å². The van der Waals surface area contributed by atoms with Crippen molar-refractivity contribution in [3.63, 3.8) is 0 Å². The molecule has 1 aromatic rings. The van der Waals surface area contributed by atoms with Crippen molar-refractivity contribution in [1.82, 2.24) is 4.90 Å². The molecular weight excluding hydrogens is 210 g/mol. The maximum Gasteiger partial charge on any atom is 0.140 e. The van der Waals surface area contributed by atoms with Gasteiger partial charge in [-0.15, -0.1) is 11.3 Å². The van der Waals surface area contributed by atoms with Gasteiger partial charge in [0.2, 0.25) is 0 Å². The van der Waals surface area contributed by atoms with Crippen LogP contribution in [0.4, 0.5) is 0 Å². The van der Waals surface area contributed by atoms with E-state index in [9.17, 15) is 0 Å². The van der Waals surface area contributed by atoms with Gasteiger partial charge in [0.15, 0.2) is 0 Å². The summed E-state index contributed by atoms with van der Waals surface area (Å²) in [7, 11) is 2.04. The zero-order valence-electron chi connectivity index (χ0n) is 8.89. The van der Waals surface area contributed by atoms with E-state index in [1.54, 1.807) is 11.3 Å². The van der Waals surface area contributed by atoms with Crippen LogP contribution in [0.25, 0.3) is 0 Å². The van der Waals surface area contributed by atoms with Gasteiger partial charge in [-0.3, -0.25) is 0 Å². The molecule has 0 unspecified atom stereocenters. The van der Waals surface area contributed by atoms with E-state index in [1.165, 1.54) is 4.88 Å². The summed E-state index contributed by atoms with van der Waals surface area (Å²) in [4.78, 5) is 3.57. The normalized spacial score (nSPS) is 12.3. The van der Waals surface area contributed by atoms with Gasteiger partial charge in [-0.05, 0) is 24.9 Å². The minimum atomic E-state index is 0.290. The first-order chi connectivity index (χ1) is 7.22. The van der Waals surface area contributed by atoms with Crippen LogP contribution in [0.5, 0.6) is 0 Å². The molecule has 0 aliphatic carbocycles. The van der Waals surface area contributed by atoms with E-state index in [0.29, 0.717) is 6.42 Å². The van der Waals surface area contributed by atoms with E-state index in [1.807, 2.05) is 7.05 Å². The maximum absolute atomic E-state index is 8.37. The lowest BCUT2D eigenvalue weighted by molar-refractivity contribution is 0.311. The molecule has 0 spiro atoms. The van der Waals surface area contributed by atoms with E-state index in [4.69, 9.17) is 10.9 Å². The molecule has 4 nitrogen and oxygen atoms in total. The molecule has 0 amide bonds. The Labute approximate surface area is 94.0 Å². The zero-order chi connectivity index (χ0) is 11.1. The van der Waals surface area contributed by atoms with Crippen LogP contribution in [-0.2, 0) is 6.42 Å². The summed E-state index contributed by atoms with van der Waals surface area (Å²) in [5.41, 5.74) is 5.39. The molecule has 1 heterocycles. The van der Waals surface area contributed by atoms with Crippen molar-refractivity contribution in [3.8, 4) is 0 Å². The second-order valence-corrected chi connectivity index (χ2v) is 4.51. The number of nitrogens with two attached hydrogens (primary N) is 1. The number of likely N-dealkylation sites (N-methyl/N-ethyl adjacent to an activating group) is 1. The van der Waals surface area contributed by atoms with Crippen molar-refractivity contribution in [3.05, 3.63) is 22.4 Å². The van der Waals surface area contributed by atoms with Crippen LogP contribution in [0.1, 0.15) is 11.3 Å². The van der Waals surface area contributed by atoms with Gasteiger partial charge in [0, 0.05) is 24.4 Å². The molecule has 0 aromatic carbocycles. The summed E-state index contributed by atoms with van der Waals surface area (Å²) >= 11 is 1.78. The van der Waals surface area contributed by atoms with Crippen LogP contribution < -0.4 is 5.73 Å². The minimum Gasteiger partial charge on any atom is -0.409 e. The third-order valence-electron chi connectivity index (χ3n) is 2.20. The number of rotatable bonds is 6. The number of nitrogens with zero attached hydrogens (tertiary/aromatic N) is 2. The van der Waals surface area contributed by atoms with Crippen molar-refractivity contribution in [1.29, 1.82) is 0 Å². The highest BCUT2D eigenvalue weighted by molar-refractivity contribution is 7.09. The molecule has 0 fully saturated rings. The Morgan fingerprint density at radius 2 is 2.40 bits per heavy atom. The fraction of sp³-hybridized carbons (Fsp3) is 0.500. The lowest BCUT2D eigenvalue weighted by Gasteiger charge is -2.15. The summed E-state index contributed by atoms with van der Waals surface area (Å²) in [6, 6.07) is 4.21. The van der Waals surface area contributed by atoms with Gasteiger partial charge in [0.1, 0.15) is 5.84 Å². The van der Waals surface area contributed by atoms with Crippen LogP contribution in [0, 0.1) is 0 Å². The average Bonchev–Trinajstić information content (AvgIpc) is 2.75.